The van der Waals surface area contributed by atoms with Crippen LogP contribution in [0.2, 0.25) is 0 Å². The summed E-state index contributed by atoms with van der Waals surface area (Å²) in [6, 6.07) is -0.271. The predicted octanol–water partition coefficient (Wildman–Crippen LogP) is 0.0714. The maximum absolute atomic E-state index is 11.8. The van der Waals surface area contributed by atoms with Crippen molar-refractivity contribution in [1.82, 2.24) is 10.2 Å². The molecule has 1 aliphatic rings. The van der Waals surface area contributed by atoms with Crippen molar-refractivity contribution < 1.29 is 23.1 Å². The van der Waals surface area contributed by atoms with Gasteiger partial charge < -0.3 is 15.3 Å². The van der Waals surface area contributed by atoms with E-state index in [1.165, 1.54) is 4.90 Å². The summed E-state index contributed by atoms with van der Waals surface area (Å²) in [7, 11) is -3.01. The zero-order valence-corrected chi connectivity index (χ0v) is 11.6. The molecule has 8 heteroatoms. The van der Waals surface area contributed by atoms with Gasteiger partial charge in [0, 0.05) is 26.1 Å². The molecular formula is C11H20N2O5S. The van der Waals surface area contributed by atoms with Crippen molar-refractivity contribution in [3.05, 3.63) is 0 Å². The average Bonchev–Trinajstić information content (AvgIpc) is 2.49. The Morgan fingerprint density at radius 2 is 1.89 bits per heavy atom. The molecule has 2 amide bonds. The Hall–Kier alpha value is -1.31. The summed E-state index contributed by atoms with van der Waals surface area (Å²) >= 11 is 0. The lowest BCUT2D eigenvalue weighted by Crippen LogP contribution is -2.41. The molecule has 2 N–H and O–H groups in total. The molecule has 0 unspecified atom stereocenters. The van der Waals surface area contributed by atoms with Gasteiger partial charge in [0.1, 0.15) is 0 Å². The van der Waals surface area contributed by atoms with Crippen LogP contribution in [0, 0.1) is 0 Å². The summed E-state index contributed by atoms with van der Waals surface area (Å²) in [5.74, 6) is -0.696. The van der Waals surface area contributed by atoms with Crippen LogP contribution in [0.1, 0.15) is 25.7 Å². The van der Waals surface area contributed by atoms with Gasteiger partial charge in [-0.15, -0.1) is 0 Å². The van der Waals surface area contributed by atoms with Gasteiger partial charge >= 0.3 is 12.0 Å². The predicted molar refractivity (Wildman–Crippen MR) is 69.7 cm³/mol. The molecule has 0 spiro atoms. The van der Waals surface area contributed by atoms with Crippen LogP contribution in [0.5, 0.6) is 0 Å². The van der Waals surface area contributed by atoms with Crippen LogP contribution in [-0.4, -0.2) is 61.6 Å². The molecule has 1 fully saturated rings. The lowest BCUT2D eigenvalue weighted by Gasteiger charge is -2.20. The molecule has 0 aromatic rings. The quantitative estimate of drug-likeness (QED) is 0.698. The van der Waals surface area contributed by atoms with Crippen molar-refractivity contribution in [2.24, 2.45) is 0 Å². The third-order valence-corrected chi connectivity index (χ3v) is 4.65. The maximum atomic E-state index is 11.8. The number of aliphatic carboxylic acids is 1. The van der Waals surface area contributed by atoms with E-state index in [1.54, 1.807) is 0 Å². The first-order chi connectivity index (χ1) is 8.91. The number of unbranched alkanes of at least 4 members (excludes halogenated alkanes) is 1. The number of nitrogens with one attached hydrogen (secondary N) is 1. The summed E-state index contributed by atoms with van der Waals surface area (Å²) in [5.41, 5.74) is 0. The van der Waals surface area contributed by atoms with Crippen molar-refractivity contribution in [2.75, 3.05) is 31.1 Å². The highest BCUT2D eigenvalue weighted by atomic mass is 32.2. The number of carboxylic acids is 1. The number of urea groups is 1. The van der Waals surface area contributed by atoms with E-state index in [4.69, 9.17) is 5.11 Å². The number of carbonyl (C=O) groups excluding carboxylic acids is 1. The zero-order valence-electron chi connectivity index (χ0n) is 10.8. The summed E-state index contributed by atoms with van der Waals surface area (Å²) in [4.78, 5) is 23.6. The number of rotatable bonds is 5. The fourth-order valence-corrected chi connectivity index (χ4v) is 3.12. The van der Waals surface area contributed by atoms with Gasteiger partial charge in [-0.05, 0) is 19.3 Å². The minimum atomic E-state index is -3.01. The first-order valence-electron chi connectivity index (χ1n) is 6.36. The lowest BCUT2D eigenvalue weighted by molar-refractivity contribution is -0.137. The van der Waals surface area contributed by atoms with E-state index in [2.05, 4.69) is 5.32 Å². The molecule has 1 aliphatic heterocycles. The average molecular weight is 292 g/mol. The summed E-state index contributed by atoms with van der Waals surface area (Å²) < 4.78 is 22.8. The Labute approximate surface area is 112 Å². The van der Waals surface area contributed by atoms with Crippen LogP contribution in [0.4, 0.5) is 4.79 Å². The molecule has 0 radical (unpaired) electrons. The molecule has 0 aromatic carbocycles. The second kappa shape index (κ2) is 7.32. The number of nitrogens with zero attached hydrogens (tertiary/aromatic N) is 1. The Balaban J connectivity index is 2.24. The van der Waals surface area contributed by atoms with Crippen LogP contribution < -0.4 is 5.32 Å². The first-order valence-corrected chi connectivity index (χ1v) is 8.18. The highest BCUT2D eigenvalue weighted by Gasteiger charge is 2.21. The van der Waals surface area contributed by atoms with Gasteiger partial charge in [0.05, 0.1) is 11.5 Å². The number of hydrogen-bond donors (Lipinski definition) is 2. The zero-order chi connectivity index (χ0) is 14.3. The minimum Gasteiger partial charge on any atom is -0.481 e. The van der Waals surface area contributed by atoms with Crippen molar-refractivity contribution >= 4 is 21.8 Å². The van der Waals surface area contributed by atoms with E-state index in [0.29, 0.717) is 32.4 Å². The molecular weight excluding hydrogens is 272 g/mol. The first kappa shape index (κ1) is 15.7. The molecule has 110 valence electrons. The topological polar surface area (TPSA) is 104 Å². The normalized spacial score (nSPS) is 18.6. The molecule has 1 heterocycles. The molecule has 0 aliphatic carbocycles. The van der Waals surface area contributed by atoms with Gasteiger partial charge in [0.15, 0.2) is 9.84 Å². The monoisotopic (exact) mass is 292 g/mol. The second-order valence-electron chi connectivity index (χ2n) is 4.58. The van der Waals surface area contributed by atoms with Crippen molar-refractivity contribution in [3.8, 4) is 0 Å². The molecule has 1 saturated heterocycles. The SMILES string of the molecule is O=C(O)CCCCNC(=O)N1CCCS(=O)(=O)CC1. The number of hydrogen-bond acceptors (Lipinski definition) is 4. The van der Waals surface area contributed by atoms with Gasteiger partial charge in [-0.25, -0.2) is 13.2 Å². The number of sulfone groups is 1. The summed E-state index contributed by atoms with van der Waals surface area (Å²) in [5, 5.41) is 11.1. The van der Waals surface area contributed by atoms with Crippen molar-refractivity contribution in [1.29, 1.82) is 0 Å². The van der Waals surface area contributed by atoms with E-state index in [0.717, 1.165) is 0 Å². The molecule has 0 saturated carbocycles. The van der Waals surface area contributed by atoms with Crippen molar-refractivity contribution in [2.45, 2.75) is 25.7 Å². The molecule has 7 nitrogen and oxygen atoms in total. The van der Waals surface area contributed by atoms with E-state index < -0.39 is 15.8 Å². The third kappa shape index (κ3) is 6.42. The number of carboxylic acid groups (broad SMARTS) is 1. The molecule has 1 rings (SSSR count). The number of amides is 2. The fraction of sp³-hybridized carbons (Fsp3) is 0.818. The largest absolute Gasteiger partial charge is 0.481 e. The molecule has 0 atom stereocenters. The van der Waals surface area contributed by atoms with Crippen LogP contribution in [0.25, 0.3) is 0 Å². The summed E-state index contributed by atoms with van der Waals surface area (Å²) in [6.45, 7) is 1.08. The fourth-order valence-electron chi connectivity index (χ4n) is 1.85. The highest BCUT2D eigenvalue weighted by Crippen LogP contribution is 2.05. The minimum absolute atomic E-state index is 0.0133. The standard InChI is InChI=1S/C11H20N2O5S/c14-10(15)4-1-2-5-12-11(16)13-6-3-8-19(17,18)9-7-13/h1-9H2,(H,12,16)(H,14,15). The third-order valence-electron chi connectivity index (χ3n) is 2.94. The Morgan fingerprint density at radius 3 is 2.58 bits per heavy atom. The molecule has 0 bridgehead atoms. The lowest BCUT2D eigenvalue weighted by atomic mass is 10.2. The van der Waals surface area contributed by atoms with E-state index >= 15 is 0 Å². The van der Waals surface area contributed by atoms with Gasteiger partial charge in [0.25, 0.3) is 0 Å². The Kier molecular flexibility index (Phi) is 6.07. The summed E-state index contributed by atoms with van der Waals surface area (Å²) in [6.07, 6.45) is 1.68. The van der Waals surface area contributed by atoms with Gasteiger partial charge in [-0.1, -0.05) is 0 Å². The smallest absolute Gasteiger partial charge is 0.317 e. The molecule has 19 heavy (non-hydrogen) atoms. The van der Waals surface area contributed by atoms with Crippen molar-refractivity contribution in [3.63, 3.8) is 0 Å². The number of carbonyl (C=O) groups is 2. The van der Waals surface area contributed by atoms with Crippen LogP contribution in [0.15, 0.2) is 0 Å². The Bertz CT molecular complexity index is 421. The van der Waals surface area contributed by atoms with Crippen LogP contribution in [-0.2, 0) is 14.6 Å². The second-order valence-corrected chi connectivity index (χ2v) is 6.88. The Morgan fingerprint density at radius 1 is 1.16 bits per heavy atom. The van der Waals surface area contributed by atoms with Crippen LogP contribution >= 0.6 is 0 Å². The van der Waals surface area contributed by atoms with Gasteiger partial charge in [-0.3, -0.25) is 4.79 Å². The maximum Gasteiger partial charge on any atom is 0.317 e. The van der Waals surface area contributed by atoms with E-state index in [1.807, 2.05) is 0 Å². The molecule has 0 aromatic heterocycles. The van der Waals surface area contributed by atoms with E-state index in [9.17, 15) is 18.0 Å². The highest BCUT2D eigenvalue weighted by molar-refractivity contribution is 7.91. The van der Waals surface area contributed by atoms with Gasteiger partial charge in [-0.2, -0.15) is 0 Å². The van der Waals surface area contributed by atoms with E-state index in [-0.39, 0.29) is 30.5 Å². The van der Waals surface area contributed by atoms with Crippen LogP contribution in [0.3, 0.4) is 0 Å². The van der Waals surface area contributed by atoms with Gasteiger partial charge in [0.2, 0.25) is 0 Å².